The summed E-state index contributed by atoms with van der Waals surface area (Å²) in [5, 5.41) is 13.7. The van der Waals surface area contributed by atoms with Crippen LogP contribution in [-0.4, -0.2) is 22.1 Å². The van der Waals surface area contributed by atoms with Crippen molar-refractivity contribution in [2.24, 2.45) is 0 Å². The molecule has 0 aliphatic rings. The van der Waals surface area contributed by atoms with Crippen molar-refractivity contribution in [3.63, 3.8) is 0 Å². The molecule has 6 heteroatoms. The summed E-state index contributed by atoms with van der Waals surface area (Å²) < 4.78 is 0. The summed E-state index contributed by atoms with van der Waals surface area (Å²) in [7, 11) is 0. The van der Waals surface area contributed by atoms with Crippen molar-refractivity contribution in [2.75, 3.05) is 11.1 Å². The highest BCUT2D eigenvalue weighted by atomic mass is 35.5. The number of carboxylic acid groups (broad SMARTS) is 1. The van der Waals surface area contributed by atoms with Crippen LogP contribution in [0, 0.1) is 0 Å². The molecule has 1 unspecified atom stereocenters. The maximum atomic E-state index is 10.8. The predicted molar refractivity (Wildman–Crippen MR) is 71.9 cm³/mol. The zero-order chi connectivity index (χ0) is 13.3. The SMILES string of the molecule is CC(Nc1nccc2c(N)c(Cl)ccc12)C(=O)O. The first-order valence-corrected chi connectivity index (χ1v) is 5.70. The maximum Gasteiger partial charge on any atom is 0.325 e. The number of aromatic nitrogens is 1. The molecule has 1 aromatic heterocycles. The molecule has 1 aromatic carbocycles. The minimum Gasteiger partial charge on any atom is -0.480 e. The number of carboxylic acids is 1. The van der Waals surface area contributed by atoms with E-state index in [2.05, 4.69) is 10.3 Å². The number of aliphatic carboxylic acids is 1. The Morgan fingerprint density at radius 2 is 2.17 bits per heavy atom. The van der Waals surface area contributed by atoms with E-state index in [0.717, 1.165) is 10.8 Å². The third-order valence-corrected chi connectivity index (χ3v) is 2.99. The van der Waals surface area contributed by atoms with Crippen molar-refractivity contribution in [1.29, 1.82) is 0 Å². The largest absolute Gasteiger partial charge is 0.480 e. The Morgan fingerprint density at radius 3 is 2.83 bits per heavy atom. The smallest absolute Gasteiger partial charge is 0.325 e. The summed E-state index contributed by atoms with van der Waals surface area (Å²) in [6.07, 6.45) is 1.56. The highest BCUT2D eigenvalue weighted by molar-refractivity contribution is 6.34. The van der Waals surface area contributed by atoms with E-state index in [9.17, 15) is 4.79 Å². The van der Waals surface area contributed by atoms with Crippen LogP contribution in [0.25, 0.3) is 10.8 Å². The molecule has 0 fully saturated rings. The molecule has 0 saturated heterocycles. The van der Waals surface area contributed by atoms with E-state index in [-0.39, 0.29) is 0 Å². The van der Waals surface area contributed by atoms with Gasteiger partial charge < -0.3 is 16.2 Å². The fourth-order valence-electron chi connectivity index (χ4n) is 1.63. The molecule has 0 bridgehead atoms. The summed E-state index contributed by atoms with van der Waals surface area (Å²) in [4.78, 5) is 15.0. The maximum absolute atomic E-state index is 10.8. The summed E-state index contributed by atoms with van der Waals surface area (Å²) in [5.74, 6) is -0.471. The van der Waals surface area contributed by atoms with Crippen LogP contribution in [0.3, 0.4) is 0 Å². The average molecular weight is 266 g/mol. The molecular formula is C12H12ClN3O2. The number of nitrogens with two attached hydrogens (primary N) is 1. The lowest BCUT2D eigenvalue weighted by Crippen LogP contribution is -2.25. The van der Waals surface area contributed by atoms with Crippen LogP contribution in [0.2, 0.25) is 5.02 Å². The fraction of sp³-hybridized carbons (Fsp3) is 0.167. The number of benzene rings is 1. The number of carbonyl (C=O) groups is 1. The Labute approximate surface area is 109 Å². The number of halogens is 1. The van der Waals surface area contributed by atoms with Crippen molar-refractivity contribution in [3.8, 4) is 0 Å². The first-order valence-electron chi connectivity index (χ1n) is 5.32. The van der Waals surface area contributed by atoms with Gasteiger partial charge in [-0.1, -0.05) is 11.6 Å². The molecule has 0 saturated carbocycles. The summed E-state index contributed by atoms with van der Waals surface area (Å²) >= 11 is 5.94. The van der Waals surface area contributed by atoms with Gasteiger partial charge in [-0.15, -0.1) is 0 Å². The van der Waals surface area contributed by atoms with Crippen LogP contribution in [0.1, 0.15) is 6.92 Å². The van der Waals surface area contributed by atoms with Crippen molar-refractivity contribution in [3.05, 3.63) is 29.4 Å². The molecule has 1 atom stereocenters. The topological polar surface area (TPSA) is 88.2 Å². The number of hydrogen-bond acceptors (Lipinski definition) is 4. The number of hydrogen-bond donors (Lipinski definition) is 3. The van der Waals surface area contributed by atoms with Gasteiger partial charge in [0, 0.05) is 17.0 Å². The molecular weight excluding hydrogens is 254 g/mol. The molecule has 0 aliphatic carbocycles. The van der Waals surface area contributed by atoms with Gasteiger partial charge in [-0.2, -0.15) is 0 Å². The van der Waals surface area contributed by atoms with Gasteiger partial charge in [-0.3, -0.25) is 4.79 Å². The molecule has 5 nitrogen and oxygen atoms in total. The number of nitrogen functional groups attached to an aromatic ring is 1. The summed E-state index contributed by atoms with van der Waals surface area (Å²) in [5.41, 5.74) is 6.33. The Hall–Kier alpha value is -2.01. The van der Waals surface area contributed by atoms with Gasteiger partial charge >= 0.3 is 5.97 Å². The monoisotopic (exact) mass is 265 g/mol. The van der Waals surface area contributed by atoms with Gasteiger partial charge in [-0.05, 0) is 25.1 Å². The Balaban J connectivity index is 2.53. The Kier molecular flexibility index (Phi) is 3.25. The van der Waals surface area contributed by atoms with E-state index in [1.165, 1.54) is 0 Å². The van der Waals surface area contributed by atoms with E-state index in [1.54, 1.807) is 31.3 Å². The van der Waals surface area contributed by atoms with Gasteiger partial charge in [0.2, 0.25) is 0 Å². The van der Waals surface area contributed by atoms with Crippen LogP contribution in [-0.2, 0) is 4.79 Å². The number of pyridine rings is 1. The first kappa shape index (κ1) is 12.4. The summed E-state index contributed by atoms with van der Waals surface area (Å²) in [6, 6.07) is 4.43. The number of anilines is 2. The van der Waals surface area contributed by atoms with Crippen molar-refractivity contribution < 1.29 is 9.90 Å². The second-order valence-corrected chi connectivity index (χ2v) is 4.33. The second kappa shape index (κ2) is 4.70. The van der Waals surface area contributed by atoms with Crippen molar-refractivity contribution in [2.45, 2.75) is 13.0 Å². The van der Waals surface area contributed by atoms with Crippen LogP contribution in [0.15, 0.2) is 24.4 Å². The minimum atomic E-state index is -0.948. The molecule has 0 radical (unpaired) electrons. The molecule has 0 aliphatic heterocycles. The van der Waals surface area contributed by atoms with E-state index in [1.807, 2.05) is 0 Å². The molecule has 0 amide bonds. The quantitative estimate of drug-likeness (QED) is 0.742. The number of nitrogens with one attached hydrogen (secondary N) is 1. The third-order valence-electron chi connectivity index (χ3n) is 2.66. The van der Waals surface area contributed by atoms with Gasteiger partial charge in [0.15, 0.2) is 0 Å². The van der Waals surface area contributed by atoms with Gasteiger partial charge in [0.1, 0.15) is 11.9 Å². The molecule has 2 aromatic rings. The standard InChI is InChI=1S/C12H12ClN3O2/c1-6(12(17)18)16-11-8-2-3-9(13)10(14)7(8)4-5-15-11/h2-6H,14H2,1H3,(H,15,16)(H,17,18). The van der Waals surface area contributed by atoms with E-state index < -0.39 is 12.0 Å². The lowest BCUT2D eigenvalue weighted by atomic mass is 10.1. The van der Waals surface area contributed by atoms with E-state index in [0.29, 0.717) is 16.5 Å². The Morgan fingerprint density at radius 1 is 1.44 bits per heavy atom. The summed E-state index contributed by atoms with van der Waals surface area (Å²) in [6.45, 7) is 1.54. The zero-order valence-corrected chi connectivity index (χ0v) is 10.4. The fourth-order valence-corrected chi connectivity index (χ4v) is 1.80. The van der Waals surface area contributed by atoms with Crippen molar-refractivity contribution in [1.82, 2.24) is 4.98 Å². The van der Waals surface area contributed by atoms with E-state index in [4.69, 9.17) is 22.4 Å². The van der Waals surface area contributed by atoms with Crippen LogP contribution in [0.5, 0.6) is 0 Å². The Bertz CT molecular complexity index is 616. The number of rotatable bonds is 3. The lowest BCUT2D eigenvalue weighted by Gasteiger charge is -2.13. The predicted octanol–water partition coefficient (Wildman–Crippen LogP) is 2.36. The molecule has 4 N–H and O–H groups in total. The second-order valence-electron chi connectivity index (χ2n) is 3.92. The molecule has 0 spiro atoms. The zero-order valence-electron chi connectivity index (χ0n) is 9.64. The normalized spacial score (nSPS) is 12.3. The highest BCUT2D eigenvalue weighted by Gasteiger charge is 2.13. The number of nitrogens with zero attached hydrogens (tertiary/aromatic N) is 1. The van der Waals surface area contributed by atoms with Crippen LogP contribution < -0.4 is 11.1 Å². The minimum absolute atomic E-state index is 0.461. The van der Waals surface area contributed by atoms with Crippen LogP contribution in [0.4, 0.5) is 11.5 Å². The molecule has 2 rings (SSSR count). The van der Waals surface area contributed by atoms with Crippen LogP contribution >= 0.6 is 11.6 Å². The van der Waals surface area contributed by atoms with E-state index >= 15 is 0 Å². The molecule has 94 valence electrons. The van der Waals surface area contributed by atoms with Gasteiger partial charge in [0.05, 0.1) is 10.7 Å². The first-order chi connectivity index (χ1) is 8.50. The van der Waals surface area contributed by atoms with Crippen molar-refractivity contribution >= 4 is 39.8 Å². The van der Waals surface area contributed by atoms with Gasteiger partial charge in [0.25, 0.3) is 0 Å². The molecule has 1 heterocycles. The third kappa shape index (κ3) is 2.17. The molecule has 18 heavy (non-hydrogen) atoms. The highest BCUT2D eigenvalue weighted by Crippen LogP contribution is 2.31. The van der Waals surface area contributed by atoms with Gasteiger partial charge in [-0.25, -0.2) is 4.98 Å². The number of fused-ring (bicyclic) bond motifs is 1. The lowest BCUT2D eigenvalue weighted by molar-refractivity contribution is -0.137. The average Bonchev–Trinajstić information content (AvgIpc) is 2.34.